The van der Waals surface area contributed by atoms with E-state index in [9.17, 15) is 92.0 Å². The topological polar surface area (TPSA) is 57.2 Å². The van der Waals surface area contributed by atoms with Crippen molar-refractivity contribution in [2.24, 2.45) is 0 Å². The van der Waals surface area contributed by atoms with Gasteiger partial charge in [0.2, 0.25) is 0 Å². The van der Waals surface area contributed by atoms with E-state index < -0.39 is 58.0 Å². The number of hydrogen-bond acceptors (Lipinski definition) is 3. The predicted octanol–water partition coefficient (Wildman–Crippen LogP) is 5.60. The van der Waals surface area contributed by atoms with Crippen LogP contribution in [0.15, 0.2) is 0 Å². The van der Waals surface area contributed by atoms with E-state index in [4.69, 9.17) is 0 Å². The van der Waals surface area contributed by atoms with Crippen LogP contribution in [0.2, 0.25) is 0 Å². The maximum absolute atomic E-state index is 12.8. The van der Waals surface area contributed by atoms with Crippen LogP contribution in [0.1, 0.15) is 58.3 Å². The van der Waals surface area contributed by atoms with E-state index in [0.717, 1.165) is 12.8 Å². The molecule has 0 saturated carbocycles. The Morgan fingerprint density at radius 1 is 0.439 bits per heavy atom. The largest absolute Gasteiger partial charge is 1.00 e. The maximum atomic E-state index is 12.8. The summed E-state index contributed by atoms with van der Waals surface area (Å²) in [6.07, 6.45) is -6.96. The molecule has 0 aliphatic rings. The summed E-state index contributed by atoms with van der Waals surface area (Å²) in [5.41, 5.74) is 0. The molecule has 0 aliphatic carbocycles. The van der Waals surface area contributed by atoms with Crippen LogP contribution in [0, 0.1) is 0 Å². The summed E-state index contributed by atoms with van der Waals surface area (Å²) in [6.45, 7) is 2.18. The molecule has 244 valence electrons. The van der Waals surface area contributed by atoms with Gasteiger partial charge in [-0.05, 0) is 6.42 Å². The molecule has 0 spiro atoms. The first-order valence-electron chi connectivity index (χ1n) is 10.6. The van der Waals surface area contributed by atoms with Crippen molar-refractivity contribution in [2.75, 3.05) is 5.75 Å². The average molecular weight is 682 g/mol. The molecule has 0 unspecified atom stereocenters. The first-order chi connectivity index (χ1) is 17.3. The Hall–Kier alpha value is -0.350. The molecule has 0 aromatic carbocycles. The Bertz CT molecular complexity index is 836. The smallest absolute Gasteiger partial charge is 0.748 e. The molecule has 0 heterocycles. The summed E-state index contributed by atoms with van der Waals surface area (Å²) >= 11 is 0. The zero-order valence-corrected chi connectivity index (χ0v) is 23.6. The molecule has 0 radical (unpaired) electrons. The van der Waals surface area contributed by atoms with Crippen LogP contribution in [0.5, 0.6) is 0 Å². The average Bonchev–Trinajstić information content (AvgIpc) is 2.73. The van der Waals surface area contributed by atoms with Gasteiger partial charge in [0.15, 0.2) is 0 Å². The second kappa shape index (κ2) is 15.1. The molecule has 0 aromatic rings. The zero-order valence-electron chi connectivity index (χ0n) is 20.8. The van der Waals surface area contributed by atoms with Gasteiger partial charge in [-0.3, -0.25) is 0 Å². The van der Waals surface area contributed by atoms with Crippen molar-refractivity contribution in [1.82, 2.24) is 0 Å². The first-order valence-corrected chi connectivity index (χ1v) is 12.2. The molecule has 0 amide bonds. The van der Waals surface area contributed by atoms with E-state index >= 15 is 0 Å². The Labute approximate surface area is 243 Å². The van der Waals surface area contributed by atoms with E-state index in [1.54, 1.807) is 0 Å². The molecule has 0 aromatic heterocycles. The van der Waals surface area contributed by atoms with Gasteiger partial charge in [0.25, 0.3) is 0 Å². The molecule has 23 heteroatoms. The van der Waals surface area contributed by atoms with Crippen molar-refractivity contribution in [3.05, 3.63) is 0 Å². The third kappa shape index (κ3) is 10.4. The van der Waals surface area contributed by atoms with Crippen molar-refractivity contribution >= 4 is 10.1 Å². The SMILES string of the molecule is CCCCCCCCCCS(=O)(=O)[O-].FC(F)(F)C(F)(F)C(F)(F)C(F)(F)C(F)(F)C(F)(F)C(F)(F)C(F)(F)F.[Na+]. The summed E-state index contributed by atoms with van der Waals surface area (Å²) in [4.78, 5) is 0. The second-order valence-corrected chi connectivity index (χ2v) is 9.70. The molecular weight excluding hydrogens is 661 g/mol. The van der Waals surface area contributed by atoms with Gasteiger partial charge in [0.1, 0.15) is 0 Å². The van der Waals surface area contributed by atoms with Crippen molar-refractivity contribution in [1.29, 1.82) is 0 Å². The fourth-order valence-corrected chi connectivity index (χ4v) is 3.12. The summed E-state index contributed by atoms with van der Waals surface area (Å²) in [6, 6.07) is 0. The first kappa shape index (κ1) is 45.1. The number of halogens is 18. The number of alkyl halides is 18. The number of hydrogen-bond donors (Lipinski definition) is 0. The van der Waals surface area contributed by atoms with Crippen molar-refractivity contribution < 1.29 is 122 Å². The minimum Gasteiger partial charge on any atom is -0.748 e. The van der Waals surface area contributed by atoms with Gasteiger partial charge in [0.05, 0.1) is 10.1 Å². The number of rotatable bonds is 14. The minimum atomic E-state index is -8.72. The monoisotopic (exact) mass is 682 g/mol. The molecule has 0 N–H and O–H groups in total. The Morgan fingerprint density at radius 2 is 0.659 bits per heavy atom. The summed E-state index contributed by atoms with van der Waals surface area (Å²) in [7, 11) is -3.98. The fraction of sp³-hybridized carbons (Fsp3) is 1.00. The summed E-state index contributed by atoms with van der Waals surface area (Å²) in [5, 5.41) is 0. The van der Waals surface area contributed by atoms with Gasteiger partial charge in [-0.25, -0.2) is 8.42 Å². The third-order valence-electron chi connectivity index (χ3n) is 4.93. The fourth-order valence-electron chi connectivity index (χ4n) is 2.56. The van der Waals surface area contributed by atoms with Crippen LogP contribution in [0.4, 0.5) is 79.0 Å². The Balaban J connectivity index is -0.000000816. The van der Waals surface area contributed by atoms with Crippen molar-refractivity contribution in [3.63, 3.8) is 0 Å². The molecular formula is C18H21F18NaO3S. The minimum absolute atomic E-state index is 0. The number of unbranched alkanes of at least 4 members (excludes halogenated alkanes) is 7. The van der Waals surface area contributed by atoms with Crippen LogP contribution in [0.25, 0.3) is 0 Å². The summed E-state index contributed by atoms with van der Waals surface area (Å²) in [5.74, 6) is -51.2. The van der Waals surface area contributed by atoms with E-state index in [-0.39, 0.29) is 35.3 Å². The molecule has 0 fully saturated rings. The van der Waals surface area contributed by atoms with E-state index in [2.05, 4.69) is 6.92 Å². The van der Waals surface area contributed by atoms with Gasteiger partial charge < -0.3 is 4.55 Å². The van der Waals surface area contributed by atoms with Gasteiger partial charge in [-0.1, -0.05) is 51.9 Å². The maximum Gasteiger partial charge on any atom is 1.00 e. The van der Waals surface area contributed by atoms with E-state index in [0.29, 0.717) is 6.42 Å². The van der Waals surface area contributed by atoms with Crippen LogP contribution in [-0.4, -0.2) is 66.6 Å². The molecule has 41 heavy (non-hydrogen) atoms. The Morgan fingerprint density at radius 3 is 0.878 bits per heavy atom. The molecule has 0 rings (SSSR count). The van der Waals surface area contributed by atoms with Gasteiger partial charge in [-0.2, -0.15) is 79.0 Å². The quantitative estimate of drug-likeness (QED) is 0.104. The van der Waals surface area contributed by atoms with Crippen molar-refractivity contribution in [3.8, 4) is 0 Å². The molecule has 0 atom stereocenters. The van der Waals surface area contributed by atoms with Gasteiger partial charge >= 0.3 is 77.4 Å². The molecule has 0 aliphatic heterocycles. The van der Waals surface area contributed by atoms with E-state index in [1.807, 2.05) is 0 Å². The normalized spacial score (nSPS) is 14.7. The van der Waals surface area contributed by atoms with Crippen LogP contribution < -0.4 is 29.6 Å². The molecule has 0 saturated heterocycles. The third-order valence-corrected chi connectivity index (χ3v) is 5.72. The Kier molecular flexibility index (Phi) is 16.6. The predicted molar refractivity (Wildman–Crippen MR) is 99.0 cm³/mol. The standard InChI is InChI=1S/C10H22O3S.C8F18.Na/c1-2-3-4-5-6-7-8-9-10-14(11,12)13;9-1(10,3(13,14)5(17,18)7(21,22)23)2(11,12)4(15,16)6(19,20)8(24,25)26;/h2-10H2,1H3,(H,11,12,13);;/q;;+1/p-1. The molecule has 0 bridgehead atoms. The van der Waals surface area contributed by atoms with Gasteiger partial charge in [0, 0.05) is 5.75 Å². The molecule has 3 nitrogen and oxygen atoms in total. The van der Waals surface area contributed by atoms with E-state index in [1.165, 1.54) is 32.1 Å². The van der Waals surface area contributed by atoms with Gasteiger partial charge in [-0.15, -0.1) is 0 Å². The van der Waals surface area contributed by atoms with Crippen LogP contribution in [-0.2, 0) is 10.1 Å². The zero-order chi connectivity index (χ0) is 32.9. The summed E-state index contributed by atoms with van der Waals surface area (Å²) < 4.78 is 251. The second-order valence-electron chi connectivity index (χ2n) is 8.18. The van der Waals surface area contributed by atoms with Crippen LogP contribution in [0.3, 0.4) is 0 Å². The van der Waals surface area contributed by atoms with Crippen molar-refractivity contribution in [2.45, 2.75) is 106 Å². The van der Waals surface area contributed by atoms with Crippen LogP contribution >= 0.6 is 0 Å².